The van der Waals surface area contributed by atoms with Crippen LogP contribution in [-0.4, -0.2) is 15.1 Å². The molecule has 2 aromatic rings. The number of hydrogen-bond donors (Lipinski definition) is 1. The van der Waals surface area contributed by atoms with Gasteiger partial charge in [0.1, 0.15) is 11.8 Å². The standard InChI is InChI=1S/C12H9N3O2/c13-7-11-12(15-5-4-14-11)17-10-3-1-2-9(6-10)8-16/h1-6,16H,8H2. The molecule has 5 heteroatoms. The Bertz CT molecular complexity index is 564. The fraction of sp³-hybridized carbons (Fsp3) is 0.0833. The van der Waals surface area contributed by atoms with Crippen LogP contribution in [0.3, 0.4) is 0 Å². The Balaban J connectivity index is 2.28. The van der Waals surface area contributed by atoms with Gasteiger partial charge in [-0.1, -0.05) is 12.1 Å². The number of benzene rings is 1. The first-order chi connectivity index (χ1) is 8.33. The van der Waals surface area contributed by atoms with Crippen molar-refractivity contribution in [1.29, 1.82) is 5.26 Å². The largest absolute Gasteiger partial charge is 0.436 e. The molecule has 0 saturated carbocycles. The van der Waals surface area contributed by atoms with Crippen molar-refractivity contribution in [3.63, 3.8) is 0 Å². The Labute approximate surface area is 98.0 Å². The molecule has 0 radical (unpaired) electrons. The van der Waals surface area contributed by atoms with Gasteiger partial charge in [-0.15, -0.1) is 0 Å². The van der Waals surface area contributed by atoms with Gasteiger partial charge in [-0.05, 0) is 17.7 Å². The summed E-state index contributed by atoms with van der Waals surface area (Å²) in [6.45, 7) is -0.0667. The van der Waals surface area contributed by atoms with Crippen LogP contribution >= 0.6 is 0 Å². The van der Waals surface area contributed by atoms with Crippen LogP contribution in [0.25, 0.3) is 0 Å². The van der Waals surface area contributed by atoms with E-state index in [-0.39, 0.29) is 18.2 Å². The van der Waals surface area contributed by atoms with Crippen molar-refractivity contribution in [1.82, 2.24) is 9.97 Å². The highest BCUT2D eigenvalue weighted by molar-refractivity contribution is 5.36. The minimum absolute atomic E-state index is 0.0667. The van der Waals surface area contributed by atoms with Crippen LogP contribution in [0.2, 0.25) is 0 Å². The van der Waals surface area contributed by atoms with Crippen molar-refractivity contribution >= 4 is 0 Å². The number of aromatic nitrogens is 2. The van der Waals surface area contributed by atoms with Crippen molar-refractivity contribution in [2.45, 2.75) is 6.61 Å². The number of ether oxygens (including phenoxy) is 1. The molecule has 0 atom stereocenters. The molecule has 1 heterocycles. The van der Waals surface area contributed by atoms with Gasteiger partial charge >= 0.3 is 0 Å². The van der Waals surface area contributed by atoms with Crippen LogP contribution in [0.5, 0.6) is 11.6 Å². The van der Waals surface area contributed by atoms with Gasteiger partial charge in [-0.2, -0.15) is 5.26 Å². The van der Waals surface area contributed by atoms with E-state index in [0.717, 1.165) is 5.56 Å². The van der Waals surface area contributed by atoms with Gasteiger partial charge in [-0.25, -0.2) is 9.97 Å². The highest BCUT2D eigenvalue weighted by Crippen LogP contribution is 2.21. The lowest BCUT2D eigenvalue weighted by molar-refractivity contribution is 0.281. The Hall–Kier alpha value is -2.45. The molecule has 0 unspecified atom stereocenters. The fourth-order valence-electron chi connectivity index (χ4n) is 1.30. The van der Waals surface area contributed by atoms with Crippen molar-refractivity contribution in [3.8, 4) is 17.7 Å². The zero-order chi connectivity index (χ0) is 12.1. The summed E-state index contributed by atoms with van der Waals surface area (Å²) >= 11 is 0. The molecule has 0 aliphatic heterocycles. The first kappa shape index (κ1) is 11.0. The molecule has 17 heavy (non-hydrogen) atoms. The van der Waals surface area contributed by atoms with Crippen molar-refractivity contribution in [2.75, 3.05) is 0 Å². The van der Waals surface area contributed by atoms with E-state index >= 15 is 0 Å². The summed E-state index contributed by atoms with van der Waals surface area (Å²) in [5, 5.41) is 17.8. The molecular weight excluding hydrogens is 218 g/mol. The summed E-state index contributed by atoms with van der Waals surface area (Å²) < 4.78 is 5.44. The smallest absolute Gasteiger partial charge is 0.256 e. The second kappa shape index (κ2) is 5.05. The third-order valence-electron chi connectivity index (χ3n) is 2.07. The third-order valence-corrected chi connectivity index (χ3v) is 2.07. The molecule has 0 saturated heterocycles. The number of nitrogens with zero attached hydrogens (tertiary/aromatic N) is 3. The first-order valence-corrected chi connectivity index (χ1v) is 4.92. The predicted molar refractivity (Wildman–Crippen MR) is 59.2 cm³/mol. The molecule has 0 aliphatic rings. The second-order valence-corrected chi connectivity index (χ2v) is 3.23. The van der Waals surface area contributed by atoms with E-state index in [2.05, 4.69) is 9.97 Å². The quantitative estimate of drug-likeness (QED) is 0.862. The summed E-state index contributed by atoms with van der Waals surface area (Å²) in [6, 6.07) is 8.82. The molecule has 0 fully saturated rings. The zero-order valence-electron chi connectivity index (χ0n) is 8.87. The van der Waals surface area contributed by atoms with Gasteiger partial charge in [0.05, 0.1) is 6.61 Å². The van der Waals surface area contributed by atoms with Crippen LogP contribution < -0.4 is 4.74 Å². The lowest BCUT2D eigenvalue weighted by Gasteiger charge is -2.06. The third kappa shape index (κ3) is 2.56. The summed E-state index contributed by atoms with van der Waals surface area (Å²) in [4.78, 5) is 7.77. The van der Waals surface area contributed by atoms with E-state index in [0.29, 0.717) is 5.75 Å². The molecule has 0 bridgehead atoms. The molecule has 0 spiro atoms. The maximum Gasteiger partial charge on any atom is 0.256 e. The van der Waals surface area contributed by atoms with E-state index in [1.807, 2.05) is 6.07 Å². The summed E-state index contributed by atoms with van der Waals surface area (Å²) in [6.07, 6.45) is 2.88. The van der Waals surface area contributed by atoms with E-state index in [1.54, 1.807) is 24.3 Å². The average molecular weight is 227 g/mol. The molecule has 2 rings (SSSR count). The van der Waals surface area contributed by atoms with Crippen molar-refractivity contribution in [2.24, 2.45) is 0 Å². The van der Waals surface area contributed by atoms with E-state index in [1.165, 1.54) is 12.4 Å². The highest BCUT2D eigenvalue weighted by Gasteiger charge is 2.06. The van der Waals surface area contributed by atoms with Crippen LogP contribution in [0.15, 0.2) is 36.7 Å². The summed E-state index contributed by atoms with van der Waals surface area (Å²) in [5.74, 6) is 0.665. The van der Waals surface area contributed by atoms with Gasteiger partial charge < -0.3 is 9.84 Å². The number of rotatable bonds is 3. The van der Waals surface area contributed by atoms with Gasteiger partial charge in [0.25, 0.3) is 5.88 Å². The first-order valence-electron chi connectivity index (χ1n) is 4.92. The summed E-state index contributed by atoms with van der Waals surface area (Å²) in [5.41, 5.74) is 0.854. The number of nitriles is 1. The average Bonchev–Trinajstić information content (AvgIpc) is 2.39. The SMILES string of the molecule is N#Cc1nccnc1Oc1cccc(CO)c1. The lowest BCUT2D eigenvalue weighted by atomic mass is 10.2. The number of aliphatic hydroxyl groups is 1. The van der Waals surface area contributed by atoms with E-state index in [4.69, 9.17) is 15.1 Å². The van der Waals surface area contributed by atoms with E-state index in [9.17, 15) is 0 Å². The molecule has 1 aromatic heterocycles. The molecule has 1 aromatic carbocycles. The minimum Gasteiger partial charge on any atom is -0.436 e. The van der Waals surface area contributed by atoms with Crippen LogP contribution in [0.1, 0.15) is 11.3 Å². The minimum atomic E-state index is -0.0667. The number of hydrogen-bond acceptors (Lipinski definition) is 5. The van der Waals surface area contributed by atoms with E-state index < -0.39 is 0 Å². The van der Waals surface area contributed by atoms with Crippen molar-refractivity contribution in [3.05, 3.63) is 47.9 Å². The molecule has 1 N–H and O–H groups in total. The van der Waals surface area contributed by atoms with Crippen LogP contribution in [0, 0.1) is 11.3 Å². The predicted octanol–water partition coefficient (Wildman–Crippen LogP) is 1.63. The molecular formula is C12H9N3O2. The summed E-state index contributed by atoms with van der Waals surface area (Å²) in [7, 11) is 0. The van der Waals surface area contributed by atoms with Gasteiger partial charge in [0.15, 0.2) is 0 Å². The highest BCUT2D eigenvalue weighted by atomic mass is 16.5. The van der Waals surface area contributed by atoms with Gasteiger partial charge in [0, 0.05) is 12.4 Å². The van der Waals surface area contributed by atoms with Gasteiger partial charge in [0.2, 0.25) is 5.69 Å². The Morgan fingerprint density at radius 1 is 1.29 bits per heavy atom. The molecule has 0 aliphatic carbocycles. The van der Waals surface area contributed by atoms with Crippen LogP contribution in [-0.2, 0) is 6.61 Å². The number of aliphatic hydroxyl groups excluding tert-OH is 1. The normalized spacial score (nSPS) is 9.65. The molecule has 0 amide bonds. The van der Waals surface area contributed by atoms with Crippen LogP contribution in [0.4, 0.5) is 0 Å². The molecule has 5 nitrogen and oxygen atoms in total. The lowest BCUT2D eigenvalue weighted by Crippen LogP contribution is -1.94. The monoisotopic (exact) mass is 227 g/mol. The maximum absolute atomic E-state index is 8.99. The maximum atomic E-state index is 8.99. The van der Waals surface area contributed by atoms with Crippen molar-refractivity contribution < 1.29 is 9.84 Å². The zero-order valence-corrected chi connectivity index (χ0v) is 8.87. The topological polar surface area (TPSA) is 79.0 Å². The molecule has 84 valence electrons. The Morgan fingerprint density at radius 2 is 2.12 bits per heavy atom. The van der Waals surface area contributed by atoms with Gasteiger partial charge in [-0.3, -0.25) is 0 Å². The Kier molecular flexibility index (Phi) is 3.28. The fourth-order valence-corrected chi connectivity index (χ4v) is 1.30. The Morgan fingerprint density at radius 3 is 2.88 bits per heavy atom. The second-order valence-electron chi connectivity index (χ2n) is 3.23.